The summed E-state index contributed by atoms with van der Waals surface area (Å²) in [5.74, 6) is 1.26. The van der Waals surface area contributed by atoms with Gasteiger partial charge in [-0.3, -0.25) is 14.8 Å². The summed E-state index contributed by atoms with van der Waals surface area (Å²) in [6, 6.07) is 0.887. The summed E-state index contributed by atoms with van der Waals surface area (Å²) in [4.78, 5) is 14.9. The molecule has 3 heterocycles. The number of ether oxygens (including phenoxy) is 1. The molecular weight excluding hydrogens is 340 g/mol. The summed E-state index contributed by atoms with van der Waals surface area (Å²) in [6.07, 6.45) is 7.14. The fraction of sp³-hybridized carbons (Fsp3) is 0.778. The van der Waals surface area contributed by atoms with Crippen molar-refractivity contribution >= 4 is 18.3 Å². The lowest BCUT2D eigenvalue weighted by Crippen LogP contribution is -2.43. The van der Waals surface area contributed by atoms with Crippen LogP contribution in [-0.2, 0) is 16.0 Å². The predicted octanol–water partition coefficient (Wildman–Crippen LogP) is 2.02. The Morgan fingerprint density at radius 2 is 2.16 bits per heavy atom. The number of amides is 1. The topological polar surface area (TPSA) is 70.2 Å². The lowest BCUT2D eigenvalue weighted by atomic mass is 9.91. The van der Waals surface area contributed by atoms with Crippen LogP contribution in [0.15, 0.2) is 12.4 Å². The largest absolute Gasteiger partial charge is 0.381 e. The number of carbonyl (C=O) groups excluding carboxylic acids is 1. The van der Waals surface area contributed by atoms with Gasteiger partial charge in [-0.2, -0.15) is 5.10 Å². The van der Waals surface area contributed by atoms with E-state index in [0.29, 0.717) is 24.3 Å². The van der Waals surface area contributed by atoms with Gasteiger partial charge in [0.1, 0.15) is 0 Å². The van der Waals surface area contributed by atoms with Crippen LogP contribution >= 0.6 is 12.4 Å². The molecule has 142 valence electrons. The highest BCUT2D eigenvalue weighted by Gasteiger charge is 2.38. The fourth-order valence-corrected chi connectivity index (χ4v) is 3.99. The third kappa shape index (κ3) is 5.43. The Morgan fingerprint density at radius 1 is 1.40 bits per heavy atom. The quantitative estimate of drug-likeness (QED) is 0.803. The second-order valence-corrected chi connectivity index (χ2v) is 7.49. The molecule has 6 nitrogen and oxygen atoms in total. The van der Waals surface area contributed by atoms with Crippen LogP contribution in [-0.4, -0.2) is 59.4 Å². The van der Waals surface area contributed by atoms with E-state index < -0.39 is 0 Å². The molecule has 0 spiro atoms. The van der Waals surface area contributed by atoms with E-state index in [2.05, 4.69) is 34.3 Å². The molecule has 0 radical (unpaired) electrons. The van der Waals surface area contributed by atoms with Crippen LogP contribution in [0.25, 0.3) is 0 Å². The van der Waals surface area contributed by atoms with E-state index >= 15 is 0 Å². The molecule has 2 aliphatic heterocycles. The van der Waals surface area contributed by atoms with Crippen LogP contribution in [0.2, 0.25) is 0 Å². The van der Waals surface area contributed by atoms with Gasteiger partial charge in [-0.15, -0.1) is 12.4 Å². The first-order chi connectivity index (χ1) is 11.6. The van der Waals surface area contributed by atoms with Crippen molar-refractivity contribution in [3.63, 3.8) is 0 Å². The Hall–Kier alpha value is -1.11. The molecule has 25 heavy (non-hydrogen) atoms. The molecule has 0 bridgehead atoms. The maximum atomic E-state index is 12.4. The number of hydrogen-bond acceptors (Lipinski definition) is 4. The second-order valence-electron chi connectivity index (χ2n) is 7.49. The van der Waals surface area contributed by atoms with Gasteiger partial charge in [0, 0.05) is 51.0 Å². The van der Waals surface area contributed by atoms with Crippen LogP contribution in [0.4, 0.5) is 0 Å². The van der Waals surface area contributed by atoms with E-state index in [1.54, 1.807) is 6.20 Å². The maximum Gasteiger partial charge on any atom is 0.220 e. The Morgan fingerprint density at radius 3 is 2.80 bits per heavy atom. The number of aromatic nitrogens is 2. The maximum absolute atomic E-state index is 12.4. The molecule has 1 amide bonds. The summed E-state index contributed by atoms with van der Waals surface area (Å²) >= 11 is 0. The number of carbonyl (C=O) groups is 1. The second kappa shape index (κ2) is 9.55. The van der Waals surface area contributed by atoms with Gasteiger partial charge in [0.2, 0.25) is 5.91 Å². The van der Waals surface area contributed by atoms with Crippen LogP contribution in [0.5, 0.6) is 0 Å². The molecule has 3 rings (SSSR count). The third-order valence-corrected chi connectivity index (χ3v) is 5.50. The molecule has 0 saturated carbocycles. The van der Waals surface area contributed by atoms with Gasteiger partial charge in [0.05, 0.1) is 6.20 Å². The number of H-pyrrole nitrogens is 1. The minimum Gasteiger partial charge on any atom is -0.381 e. The average Bonchev–Trinajstić information content (AvgIpc) is 3.23. The Balaban J connectivity index is 0.00000225. The summed E-state index contributed by atoms with van der Waals surface area (Å²) < 4.78 is 5.49. The molecular formula is C18H31ClN4O2. The standard InChI is InChI=1S/C18H30N4O2.ClH/c1-13(2)16-11-22(15-5-7-24-8-6-15)12-17(16)21-18(23)4-3-14-9-19-20-10-14;/h9-10,13,15-17H,3-8,11-12H2,1-2H3,(H,19,20)(H,21,23);1H/t16-,17+;/m1./s1. The zero-order valence-electron chi connectivity index (χ0n) is 15.2. The van der Waals surface area contributed by atoms with E-state index in [-0.39, 0.29) is 24.4 Å². The Bertz CT molecular complexity index is 517. The molecule has 2 N–H and O–H groups in total. The molecule has 2 saturated heterocycles. The highest BCUT2D eigenvalue weighted by molar-refractivity contribution is 5.85. The third-order valence-electron chi connectivity index (χ3n) is 5.50. The predicted molar refractivity (Wildman–Crippen MR) is 99.8 cm³/mol. The number of nitrogens with one attached hydrogen (secondary N) is 2. The monoisotopic (exact) mass is 370 g/mol. The molecule has 2 fully saturated rings. The number of aryl methyl sites for hydroxylation is 1. The minimum absolute atomic E-state index is 0. The lowest BCUT2D eigenvalue weighted by molar-refractivity contribution is -0.122. The van der Waals surface area contributed by atoms with E-state index in [9.17, 15) is 4.79 Å². The summed E-state index contributed by atoms with van der Waals surface area (Å²) in [5.41, 5.74) is 1.08. The van der Waals surface area contributed by atoms with Crippen molar-refractivity contribution in [3.05, 3.63) is 18.0 Å². The van der Waals surface area contributed by atoms with Crippen molar-refractivity contribution < 1.29 is 9.53 Å². The molecule has 2 aliphatic rings. The number of rotatable bonds is 6. The molecule has 1 aromatic heterocycles. The Kier molecular flexibility index (Phi) is 7.72. The van der Waals surface area contributed by atoms with Gasteiger partial charge in [0.25, 0.3) is 0 Å². The van der Waals surface area contributed by atoms with Crippen LogP contribution in [0, 0.1) is 11.8 Å². The first-order valence-electron chi connectivity index (χ1n) is 9.22. The first kappa shape index (κ1) is 20.2. The van der Waals surface area contributed by atoms with Gasteiger partial charge in [-0.25, -0.2) is 0 Å². The van der Waals surface area contributed by atoms with Crippen LogP contribution in [0.1, 0.15) is 38.7 Å². The first-order valence-corrected chi connectivity index (χ1v) is 9.22. The van der Waals surface area contributed by atoms with E-state index in [4.69, 9.17) is 4.74 Å². The molecule has 2 atom stereocenters. The number of likely N-dealkylation sites (tertiary alicyclic amines) is 1. The van der Waals surface area contributed by atoms with Crippen LogP contribution in [0.3, 0.4) is 0 Å². The molecule has 0 aromatic carbocycles. The molecule has 0 aliphatic carbocycles. The zero-order valence-corrected chi connectivity index (χ0v) is 16.1. The van der Waals surface area contributed by atoms with E-state index in [1.807, 2.05) is 6.20 Å². The van der Waals surface area contributed by atoms with Gasteiger partial charge in [-0.05, 0) is 36.7 Å². The average molecular weight is 371 g/mol. The lowest BCUT2D eigenvalue weighted by Gasteiger charge is -2.31. The van der Waals surface area contributed by atoms with E-state index in [1.165, 1.54) is 0 Å². The van der Waals surface area contributed by atoms with Crippen molar-refractivity contribution in [2.24, 2.45) is 11.8 Å². The van der Waals surface area contributed by atoms with Gasteiger partial charge in [-0.1, -0.05) is 13.8 Å². The highest BCUT2D eigenvalue weighted by atomic mass is 35.5. The number of hydrogen-bond donors (Lipinski definition) is 2. The van der Waals surface area contributed by atoms with Crippen molar-refractivity contribution in [1.82, 2.24) is 20.4 Å². The smallest absolute Gasteiger partial charge is 0.220 e. The Labute approximate surface area is 156 Å². The molecule has 1 aromatic rings. The zero-order chi connectivity index (χ0) is 16.9. The van der Waals surface area contributed by atoms with Crippen molar-refractivity contribution in [1.29, 1.82) is 0 Å². The van der Waals surface area contributed by atoms with Gasteiger partial charge < -0.3 is 10.1 Å². The normalized spacial score (nSPS) is 25.1. The van der Waals surface area contributed by atoms with Crippen LogP contribution < -0.4 is 5.32 Å². The van der Waals surface area contributed by atoms with Crippen molar-refractivity contribution in [2.75, 3.05) is 26.3 Å². The number of nitrogens with zero attached hydrogens (tertiary/aromatic N) is 2. The summed E-state index contributed by atoms with van der Waals surface area (Å²) in [6.45, 7) is 8.34. The number of aromatic amines is 1. The van der Waals surface area contributed by atoms with Gasteiger partial charge >= 0.3 is 0 Å². The number of halogens is 1. The summed E-state index contributed by atoms with van der Waals surface area (Å²) in [5, 5.41) is 10.0. The van der Waals surface area contributed by atoms with Gasteiger partial charge in [0.15, 0.2) is 0 Å². The van der Waals surface area contributed by atoms with E-state index in [0.717, 1.165) is 51.1 Å². The van der Waals surface area contributed by atoms with Crippen molar-refractivity contribution in [3.8, 4) is 0 Å². The SMILES string of the molecule is CC(C)[C@H]1CN(C2CCOCC2)C[C@@H]1NC(=O)CCc1cn[nH]c1.Cl. The fourth-order valence-electron chi connectivity index (χ4n) is 3.99. The summed E-state index contributed by atoms with van der Waals surface area (Å²) in [7, 11) is 0. The van der Waals surface area contributed by atoms with Crippen molar-refractivity contribution in [2.45, 2.75) is 51.6 Å². The highest BCUT2D eigenvalue weighted by Crippen LogP contribution is 2.28. The molecule has 0 unspecified atom stereocenters. The molecule has 7 heteroatoms. The minimum atomic E-state index is 0.